The summed E-state index contributed by atoms with van der Waals surface area (Å²) >= 11 is 12.5. The Balaban J connectivity index is 1.43. The molecule has 230 valence electrons. The van der Waals surface area contributed by atoms with Gasteiger partial charge in [0.1, 0.15) is 6.54 Å². The molecule has 1 N–H and O–H groups in total. The van der Waals surface area contributed by atoms with Crippen molar-refractivity contribution < 1.29 is 23.8 Å². The second-order valence-corrected chi connectivity index (χ2v) is 10.9. The topological polar surface area (TPSA) is 98.2 Å². The molecular formula is C32H33Cl2N5O5. The van der Waals surface area contributed by atoms with Gasteiger partial charge in [-0.3, -0.25) is 24.4 Å². The number of morpholine rings is 1. The molecule has 0 aliphatic carbocycles. The number of hydrogen-bond acceptors (Lipinski definition) is 7. The maximum absolute atomic E-state index is 13.6. The lowest BCUT2D eigenvalue weighted by molar-refractivity contribution is -0.117. The lowest BCUT2D eigenvalue weighted by Gasteiger charge is -2.30. The molecule has 1 fully saturated rings. The van der Waals surface area contributed by atoms with E-state index in [-0.39, 0.29) is 18.4 Å². The van der Waals surface area contributed by atoms with Crippen LogP contribution in [-0.4, -0.2) is 91.3 Å². The molecule has 0 unspecified atom stereocenters. The molecule has 0 radical (unpaired) electrons. The first-order valence-electron chi connectivity index (χ1n) is 14.1. The number of anilines is 1. The largest absolute Gasteiger partial charge is 0.493 e. The van der Waals surface area contributed by atoms with Crippen LogP contribution in [0.5, 0.6) is 11.5 Å². The Kier molecular flexibility index (Phi) is 10.4. The summed E-state index contributed by atoms with van der Waals surface area (Å²) < 4.78 is 18.1. The molecule has 1 aromatic heterocycles. The molecule has 4 aromatic rings. The minimum Gasteiger partial charge on any atom is -0.493 e. The summed E-state index contributed by atoms with van der Waals surface area (Å²) in [5, 5.41) is 3.84. The predicted octanol–water partition coefficient (Wildman–Crippen LogP) is 5.28. The molecule has 0 bridgehead atoms. The normalized spacial score (nSPS) is 13.4. The highest BCUT2D eigenvalue weighted by Gasteiger charge is 2.24. The van der Waals surface area contributed by atoms with Crippen LogP contribution in [0.15, 0.2) is 72.9 Å². The molecule has 0 atom stereocenters. The van der Waals surface area contributed by atoms with Crippen LogP contribution in [0.2, 0.25) is 10.0 Å². The van der Waals surface area contributed by atoms with Crippen LogP contribution in [0.25, 0.3) is 16.9 Å². The van der Waals surface area contributed by atoms with Gasteiger partial charge < -0.3 is 19.1 Å². The van der Waals surface area contributed by atoms with Crippen molar-refractivity contribution in [3.8, 4) is 28.4 Å². The van der Waals surface area contributed by atoms with Crippen molar-refractivity contribution in [3.63, 3.8) is 0 Å². The Labute approximate surface area is 266 Å². The van der Waals surface area contributed by atoms with Gasteiger partial charge in [-0.05, 0) is 36.4 Å². The van der Waals surface area contributed by atoms with Gasteiger partial charge in [0.25, 0.3) is 5.91 Å². The van der Waals surface area contributed by atoms with Crippen molar-refractivity contribution in [2.45, 2.75) is 0 Å². The highest BCUT2D eigenvalue weighted by Crippen LogP contribution is 2.32. The van der Waals surface area contributed by atoms with Crippen LogP contribution in [0.3, 0.4) is 0 Å². The van der Waals surface area contributed by atoms with Crippen molar-refractivity contribution in [2.75, 3.05) is 65.5 Å². The molecule has 5 rings (SSSR count). The van der Waals surface area contributed by atoms with E-state index in [1.165, 1.54) is 4.90 Å². The van der Waals surface area contributed by atoms with Crippen molar-refractivity contribution >= 4 is 41.0 Å². The van der Waals surface area contributed by atoms with Gasteiger partial charge in [0.2, 0.25) is 11.9 Å². The quantitative estimate of drug-likeness (QED) is 0.239. The molecule has 12 heteroatoms. The van der Waals surface area contributed by atoms with Crippen LogP contribution >= 0.6 is 23.2 Å². The van der Waals surface area contributed by atoms with Gasteiger partial charge in [0.15, 0.2) is 11.5 Å². The number of rotatable bonds is 11. The summed E-state index contributed by atoms with van der Waals surface area (Å²) in [6, 6.07) is 19.5. The molecule has 0 saturated carbocycles. The van der Waals surface area contributed by atoms with Crippen LogP contribution in [0.4, 0.5) is 5.95 Å². The third-order valence-electron chi connectivity index (χ3n) is 7.26. The van der Waals surface area contributed by atoms with Crippen molar-refractivity contribution in [3.05, 3.63) is 88.5 Å². The Morgan fingerprint density at radius 2 is 1.70 bits per heavy atom. The van der Waals surface area contributed by atoms with Gasteiger partial charge in [-0.15, -0.1) is 0 Å². The van der Waals surface area contributed by atoms with E-state index in [1.807, 2.05) is 24.4 Å². The van der Waals surface area contributed by atoms with Gasteiger partial charge in [-0.25, -0.2) is 4.98 Å². The van der Waals surface area contributed by atoms with Crippen LogP contribution in [0, 0.1) is 0 Å². The number of carbonyl (C=O) groups is 2. The zero-order valence-electron chi connectivity index (χ0n) is 24.5. The number of hydrogen-bond donors (Lipinski definition) is 1. The molecule has 2 heterocycles. The molecule has 1 aliphatic rings. The second-order valence-electron chi connectivity index (χ2n) is 10.1. The standard InChI is InChI=1S/C32H33Cl2N5O5/c1-42-28-12-11-24(19-29(28)43-2)39-20-27(22-7-9-23(33)10-8-22)35-32(39)36-30(40)21-38(14-13-37-15-17-44-18-16-37)31(41)25-5-3-4-6-26(25)34/h3-12,19-20H,13-18,21H2,1-2H3,(H,35,36,40). The number of methoxy groups -OCH3 is 2. The number of nitrogens with one attached hydrogen (secondary N) is 1. The zero-order chi connectivity index (χ0) is 31.1. The Morgan fingerprint density at radius 3 is 2.41 bits per heavy atom. The number of ether oxygens (including phenoxy) is 3. The van der Waals surface area contributed by atoms with Gasteiger partial charge in [0, 0.05) is 49.0 Å². The molecule has 2 amide bonds. The van der Waals surface area contributed by atoms with E-state index in [9.17, 15) is 9.59 Å². The third kappa shape index (κ3) is 7.51. The number of aromatic nitrogens is 2. The minimum absolute atomic E-state index is 0.205. The second kappa shape index (κ2) is 14.6. The van der Waals surface area contributed by atoms with E-state index in [0.29, 0.717) is 64.8 Å². The summed E-state index contributed by atoms with van der Waals surface area (Å²) in [5.41, 5.74) is 2.44. The summed E-state index contributed by atoms with van der Waals surface area (Å²) in [5.74, 6) is 0.606. The number of benzene rings is 3. The smallest absolute Gasteiger partial charge is 0.255 e. The average Bonchev–Trinajstić information content (AvgIpc) is 3.46. The third-order valence-corrected chi connectivity index (χ3v) is 7.84. The van der Waals surface area contributed by atoms with E-state index in [4.69, 9.17) is 42.4 Å². The number of nitrogens with zero attached hydrogens (tertiary/aromatic N) is 4. The highest BCUT2D eigenvalue weighted by atomic mass is 35.5. The number of halogens is 2. The van der Waals surface area contributed by atoms with Gasteiger partial charge in [0.05, 0.1) is 49.4 Å². The lowest BCUT2D eigenvalue weighted by atomic mass is 10.2. The van der Waals surface area contributed by atoms with Crippen molar-refractivity contribution in [1.82, 2.24) is 19.4 Å². The SMILES string of the molecule is COc1ccc(-n2cc(-c3ccc(Cl)cc3)nc2NC(=O)CN(CCN2CCOCC2)C(=O)c2ccccc2Cl)cc1OC. The molecule has 1 aliphatic heterocycles. The molecule has 44 heavy (non-hydrogen) atoms. The summed E-state index contributed by atoms with van der Waals surface area (Å²) in [7, 11) is 3.12. The monoisotopic (exact) mass is 637 g/mol. The lowest BCUT2D eigenvalue weighted by Crippen LogP contribution is -2.45. The number of carbonyl (C=O) groups excluding carboxylic acids is 2. The van der Waals surface area contributed by atoms with Crippen LogP contribution in [0.1, 0.15) is 10.4 Å². The fraction of sp³-hybridized carbons (Fsp3) is 0.281. The fourth-order valence-corrected chi connectivity index (χ4v) is 5.22. The minimum atomic E-state index is -0.414. The maximum Gasteiger partial charge on any atom is 0.255 e. The molecule has 1 saturated heterocycles. The van der Waals surface area contributed by atoms with E-state index >= 15 is 0 Å². The van der Waals surface area contributed by atoms with Crippen LogP contribution < -0.4 is 14.8 Å². The molecule has 3 aromatic carbocycles. The molecule has 0 spiro atoms. The first kappa shape index (κ1) is 31.3. The highest BCUT2D eigenvalue weighted by molar-refractivity contribution is 6.33. The first-order valence-corrected chi connectivity index (χ1v) is 14.8. The van der Waals surface area contributed by atoms with Gasteiger partial charge >= 0.3 is 0 Å². The van der Waals surface area contributed by atoms with Crippen molar-refractivity contribution in [2.24, 2.45) is 0 Å². The van der Waals surface area contributed by atoms with E-state index in [0.717, 1.165) is 18.7 Å². The average molecular weight is 639 g/mol. The fourth-order valence-electron chi connectivity index (χ4n) is 4.88. The summed E-state index contributed by atoms with van der Waals surface area (Å²) in [4.78, 5) is 35.7. The Hall–Kier alpha value is -4.09. The van der Waals surface area contributed by atoms with Crippen LogP contribution in [-0.2, 0) is 9.53 Å². The van der Waals surface area contributed by atoms with Gasteiger partial charge in [-0.1, -0.05) is 47.5 Å². The summed E-state index contributed by atoms with van der Waals surface area (Å²) in [6.45, 7) is 3.50. The maximum atomic E-state index is 13.6. The van der Waals surface area contributed by atoms with E-state index in [1.54, 1.807) is 67.3 Å². The van der Waals surface area contributed by atoms with E-state index < -0.39 is 5.91 Å². The summed E-state index contributed by atoms with van der Waals surface area (Å²) in [6.07, 6.45) is 1.81. The number of amides is 2. The van der Waals surface area contributed by atoms with E-state index in [2.05, 4.69) is 10.2 Å². The molecule has 10 nitrogen and oxygen atoms in total. The Morgan fingerprint density at radius 1 is 0.977 bits per heavy atom. The Bertz CT molecular complexity index is 1610. The predicted molar refractivity (Wildman–Crippen MR) is 170 cm³/mol. The zero-order valence-corrected chi connectivity index (χ0v) is 26.0. The molecular weight excluding hydrogens is 605 g/mol. The van der Waals surface area contributed by atoms with Crippen molar-refractivity contribution in [1.29, 1.82) is 0 Å². The number of imidazole rings is 1. The van der Waals surface area contributed by atoms with Gasteiger partial charge in [-0.2, -0.15) is 0 Å². The first-order chi connectivity index (χ1) is 21.4.